The zero-order chi connectivity index (χ0) is 18.7. The van der Waals surface area contributed by atoms with E-state index in [4.69, 9.17) is 16.9 Å². The first-order valence-corrected chi connectivity index (χ1v) is 9.09. The number of carbonyl (C=O) groups excluding carboxylic acids is 1. The van der Waals surface area contributed by atoms with E-state index in [1.165, 1.54) is 11.8 Å². The van der Waals surface area contributed by atoms with Gasteiger partial charge in [0.15, 0.2) is 5.17 Å². The highest BCUT2D eigenvalue weighted by Gasteiger charge is 2.21. The zero-order valence-electron chi connectivity index (χ0n) is 14.0. The predicted octanol–water partition coefficient (Wildman–Crippen LogP) is 4.49. The minimum atomic E-state index is -0.184. The van der Waals surface area contributed by atoms with E-state index in [0.717, 1.165) is 16.9 Å². The molecule has 1 N–H and O–H groups in total. The van der Waals surface area contributed by atoms with E-state index in [2.05, 4.69) is 16.9 Å². The maximum atomic E-state index is 12.2. The minimum absolute atomic E-state index is 0.184. The monoisotopic (exact) mass is 382 g/mol. The number of hydrogen-bond donors (Lipinski definition) is 1. The molecule has 5 nitrogen and oxygen atoms in total. The topological polar surface area (TPSA) is 68.5 Å². The molecule has 2 aromatic rings. The number of fused-ring (bicyclic) bond motifs is 1. The number of hydrogen-bond acceptors (Lipinski definition) is 5. The van der Waals surface area contributed by atoms with Crippen LogP contribution in [0.3, 0.4) is 0 Å². The van der Waals surface area contributed by atoms with Crippen molar-refractivity contribution in [1.29, 1.82) is 5.26 Å². The maximum Gasteiger partial charge on any atom is 0.234 e. The molecule has 0 saturated heterocycles. The Morgan fingerprint density at radius 2 is 2.15 bits per heavy atom. The lowest BCUT2D eigenvalue weighted by atomic mass is 10.1. The van der Waals surface area contributed by atoms with Crippen LogP contribution >= 0.6 is 23.4 Å². The Hall–Kier alpha value is -2.75. The molecule has 1 amide bonds. The standard InChI is InChI=1S/C19H15ClN4OS/c1-12-15-5-3-4-6-17(15)23-19(24(12)2)26-11-18(25)22-14-8-7-13(10-21)16(20)9-14/h3-9H,1,11H2,2H3,(H,22,25). The molecular weight excluding hydrogens is 368 g/mol. The number of carbonyl (C=O) groups is 1. The van der Waals surface area contributed by atoms with Gasteiger partial charge >= 0.3 is 0 Å². The predicted molar refractivity (Wildman–Crippen MR) is 108 cm³/mol. The number of halogens is 1. The van der Waals surface area contributed by atoms with Crippen molar-refractivity contribution in [2.45, 2.75) is 0 Å². The van der Waals surface area contributed by atoms with E-state index in [1.54, 1.807) is 18.2 Å². The summed E-state index contributed by atoms with van der Waals surface area (Å²) >= 11 is 7.31. The number of nitrogens with one attached hydrogen (secondary N) is 1. The molecular formula is C19H15ClN4OS. The Kier molecular flexibility index (Phi) is 5.31. The largest absolute Gasteiger partial charge is 0.325 e. The summed E-state index contributed by atoms with van der Waals surface area (Å²) in [4.78, 5) is 18.7. The second kappa shape index (κ2) is 7.65. The van der Waals surface area contributed by atoms with Gasteiger partial charge < -0.3 is 10.2 Å². The van der Waals surface area contributed by atoms with Crippen LogP contribution in [-0.4, -0.2) is 28.8 Å². The summed E-state index contributed by atoms with van der Waals surface area (Å²) in [5.41, 5.74) is 3.59. The molecule has 0 bridgehead atoms. The molecule has 0 aromatic heterocycles. The smallest absolute Gasteiger partial charge is 0.234 e. The number of thioether (sulfide) groups is 1. The van der Waals surface area contributed by atoms with E-state index in [1.807, 2.05) is 42.3 Å². The molecule has 7 heteroatoms. The molecule has 2 aromatic carbocycles. The van der Waals surface area contributed by atoms with Crippen molar-refractivity contribution >= 4 is 51.5 Å². The fraction of sp³-hybridized carbons (Fsp3) is 0.105. The third kappa shape index (κ3) is 3.74. The molecule has 3 rings (SSSR count). The van der Waals surface area contributed by atoms with Crippen molar-refractivity contribution in [2.24, 2.45) is 4.99 Å². The van der Waals surface area contributed by atoms with Gasteiger partial charge in [-0.3, -0.25) is 4.79 Å². The number of para-hydroxylation sites is 1. The lowest BCUT2D eigenvalue weighted by Crippen LogP contribution is -2.26. The summed E-state index contributed by atoms with van der Waals surface area (Å²) in [6.45, 7) is 4.10. The highest BCUT2D eigenvalue weighted by molar-refractivity contribution is 8.14. The Balaban J connectivity index is 1.66. The van der Waals surface area contributed by atoms with E-state index in [0.29, 0.717) is 21.4 Å². The average molecular weight is 383 g/mol. The van der Waals surface area contributed by atoms with E-state index in [-0.39, 0.29) is 11.7 Å². The van der Waals surface area contributed by atoms with Gasteiger partial charge in [-0.25, -0.2) is 4.99 Å². The molecule has 0 spiro atoms. The third-order valence-corrected chi connectivity index (χ3v) is 5.17. The van der Waals surface area contributed by atoms with E-state index in [9.17, 15) is 4.79 Å². The lowest BCUT2D eigenvalue weighted by Gasteiger charge is -2.28. The molecule has 130 valence electrons. The van der Waals surface area contributed by atoms with Crippen molar-refractivity contribution in [3.63, 3.8) is 0 Å². The van der Waals surface area contributed by atoms with Gasteiger partial charge in [-0.15, -0.1) is 0 Å². The van der Waals surface area contributed by atoms with E-state index < -0.39 is 0 Å². The van der Waals surface area contributed by atoms with Crippen molar-refractivity contribution in [1.82, 2.24) is 4.90 Å². The highest BCUT2D eigenvalue weighted by Crippen LogP contribution is 2.34. The number of amides is 1. The summed E-state index contributed by atoms with van der Waals surface area (Å²) in [6.07, 6.45) is 0. The molecule has 0 unspecified atom stereocenters. The van der Waals surface area contributed by atoms with Crippen LogP contribution in [0.4, 0.5) is 11.4 Å². The molecule has 1 aliphatic rings. The number of nitriles is 1. The molecule has 0 saturated carbocycles. The first-order chi connectivity index (χ1) is 12.5. The minimum Gasteiger partial charge on any atom is -0.325 e. The van der Waals surface area contributed by atoms with Crippen molar-refractivity contribution in [3.05, 3.63) is 65.2 Å². The van der Waals surface area contributed by atoms with Crippen LogP contribution in [0.1, 0.15) is 11.1 Å². The number of nitrogens with zero attached hydrogens (tertiary/aromatic N) is 3. The van der Waals surface area contributed by atoms with Crippen LogP contribution < -0.4 is 5.32 Å². The molecule has 0 fully saturated rings. The van der Waals surface area contributed by atoms with Crippen LogP contribution in [0.5, 0.6) is 0 Å². The number of rotatable bonds is 3. The SMILES string of the molecule is C=C1c2ccccc2N=C(SCC(=O)Nc2ccc(C#N)c(Cl)c2)N1C. The second-order valence-electron chi connectivity index (χ2n) is 5.56. The number of benzene rings is 2. The molecule has 0 atom stereocenters. The van der Waals surface area contributed by atoms with Gasteiger partial charge in [0.25, 0.3) is 0 Å². The first-order valence-electron chi connectivity index (χ1n) is 7.72. The van der Waals surface area contributed by atoms with Gasteiger partial charge in [-0.2, -0.15) is 5.26 Å². The summed E-state index contributed by atoms with van der Waals surface area (Å²) in [6, 6.07) is 14.5. The van der Waals surface area contributed by atoms with Crippen LogP contribution in [0.2, 0.25) is 5.02 Å². The quantitative estimate of drug-likeness (QED) is 0.849. The van der Waals surface area contributed by atoms with Gasteiger partial charge in [0.1, 0.15) is 6.07 Å². The molecule has 0 aliphatic carbocycles. The normalized spacial score (nSPS) is 12.9. The van der Waals surface area contributed by atoms with E-state index >= 15 is 0 Å². The molecule has 1 heterocycles. The number of aliphatic imine (C=N–C) groups is 1. The fourth-order valence-corrected chi connectivity index (χ4v) is 3.45. The second-order valence-corrected chi connectivity index (χ2v) is 6.91. The van der Waals surface area contributed by atoms with Crippen molar-refractivity contribution < 1.29 is 4.79 Å². The van der Waals surface area contributed by atoms with Gasteiger partial charge in [0, 0.05) is 24.0 Å². The van der Waals surface area contributed by atoms with Crippen LogP contribution in [0.15, 0.2) is 54.0 Å². The van der Waals surface area contributed by atoms with Crippen LogP contribution in [0.25, 0.3) is 5.70 Å². The maximum absolute atomic E-state index is 12.2. The summed E-state index contributed by atoms with van der Waals surface area (Å²) in [7, 11) is 1.88. The molecule has 0 radical (unpaired) electrons. The Morgan fingerprint density at radius 3 is 2.88 bits per heavy atom. The zero-order valence-corrected chi connectivity index (χ0v) is 15.6. The third-order valence-electron chi connectivity index (χ3n) is 3.83. The van der Waals surface area contributed by atoms with Crippen molar-refractivity contribution in [2.75, 3.05) is 18.1 Å². The van der Waals surface area contributed by atoms with Gasteiger partial charge in [0.2, 0.25) is 5.91 Å². The van der Waals surface area contributed by atoms with Gasteiger partial charge in [-0.05, 0) is 24.3 Å². The number of amidine groups is 1. The number of anilines is 1. The van der Waals surface area contributed by atoms with Crippen LogP contribution in [0, 0.1) is 11.3 Å². The highest BCUT2D eigenvalue weighted by atomic mass is 35.5. The summed E-state index contributed by atoms with van der Waals surface area (Å²) in [5, 5.41) is 12.7. The summed E-state index contributed by atoms with van der Waals surface area (Å²) < 4.78 is 0. The van der Waals surface area contributed by atoms with Crippen LogP contribution in [-0.2, 0) is 4.79 Å². The Labute approximate surface area is 161 Å². The Morgan fingerprint density at radius 1 is 1.38 bits per heavy atom. The Bertz CT molecular complexity index is 964. The summed E-state index contributed by atoms with van der Waals surface area (Å²) in [5.74, 6) is 0.00678. The lowest BCUT2D eigenvalue weighted by molar-refractivity contribution is -0.113. The van der Waals surface area contributed by atoms with Gasteiger partial charge in [-0.1, -0.05) is 48.1 Å². The first kappa shape index (κ1) is 18.1. The fourth-order valence-electron chi connectivity index (χ4n) is 2.43. The van der Waals surface area contributed by atoms with Gasteiger partial charge in [0.05, 0.1) is 22.0 Å². The molecule has 1 aliphatic heterocycles. The average Bonchev–Trinajstić information content (AvgIpc) is 2.64. The van der Waals surface area contributed by atoms with Crippen molar-refractivity contribution in [3.8, 4) is 6.07 Å². The molecule has 26 heavy (non-hydrogen) atoms.